The number of carbonyl (C=O) groups is 6. The molecule has 3 heterocycles. The number of carbonyl (C=O) groups excluding carboxylic acids is 4. The van der Waals surface area contributed by atoms with E-state index in [1.807, 2.05) is 0 Å². The Morgan fingerprint density at radius 1 is 0.941 bits per heavy atom. The summed E-state index contributed by atoms with van der Waals surface area (Å²) < 4.78 is 17.2. The average Bonchev–Trinajstić information content (AvgIpc) is 3.26. The summed E-state index contributed by atoms with van der Waals surface area (Å²) in [6, 6.07) is 3.20. The Balaban J connectivity index is 1.27. The maximum Gasteiger partial charge on any atom is 0.407 e. The minimum Gasteiger partial charge on any atom is -0.480 e. The van der Waals surface area contributed by atoms with Gasteiger partial charge in [0.2, 0.25) is 11.9 Å². The van der Waals surface area contributed by atoms with Crippen LogP contribution in [0.1, 0.15) is 69.4 Å². The lowest BCUT2D eigenvalue weighted by Crippen LogP contribution is -2.53. The molecule has 0 spiro atoms. The predicted molar refractivity (Wildman–Crippen MR) is 241 cm³/mol. The molecule has 0 aliphatic rings. The number of nitrogens with two attached hydrogens (primary N) is 1. The Kier molecular flexibility index (Phi) is 19.6. The lowest BCUT2D eigenvalue weighted by Gasteiger charge is -2.31. The van der Waals surface area contributed by atoms with Crippen molar-refractivity contribution in [1.82, 2.24) is 50.3 Å². The standard InChI is InChI=1S/C42H56N12O14/c1-5-67-32(57)22-54(31(56)21-53-15-13-30(55)50-40(53)64)27(20-47-41(65)68-42(2,3)4)23-66-16-8-6-7-14-44-28(37(60)61)17-29(38(62)63)49-35(58)24-9-11-25(12-10-24)45-18-26-19-46-34-33(48-26)36(59)52-39(43)51-34/h9-13,15,19,27-29,44-45H,5-8,14,16-18,20-23H2,1-4H3,(H,47,65)(H,49,58)(H,60,61)(H,62,63)(H,50,55,64)(H3,43,46,51,52,59). The largest absolute Gasteiger partial charge is 0.480 e. The Hall–Kier alpha value is -7.74. The van der Waals surface area contributed by atoms with E-state index in [0.717, 1.165) is 21.7 Å². The number of nitrogen functional groups attached to an aromatic ring is 1. The molecular formula is C42H56N12O14. The zero-order valence-corrected chi connectivity index (χ0v) is 37.9. The first-order chi connectivity index (χ1) is 32.2. The molecule has 0 saturated carbocycles. The Morgan fingerprint density at radius 2 is 1.66 bits per heavy atom. The molecule has 4 aromatic rings. The fraction of sp³-hybridized carbons (Fsp3) is 0.476. The van der Waals surface area contributed by atoms with E-state index >= 15 is 0 Å². The van der Waals surface area contributed by atoms with Gasteiger partial charge in [0.05, 0.1) is 37.7 Å². The molecule has 10 N–H and O–H groups in total. The lowest BCUT2D eigenvalue weighted by molar-refractivity contribution is -0.151. The number of carboxylic acids is 2. The molecule has 68 heavy (non-hydrogen) atoms. The fourth-order valence-corrected chi connectivity index (χ4v) is 6.31. The SMILES string of the molecule is CCOC(=O)CN(C(=O)Cn1ccc(=O)[nH]c1=O)C(CNC(=O)OC(C)(C)C)COCCCCCNC(CC(NC(=O)c1ccc(NCc2cnc3nc(N)[nH]c(=O)c3n2)cc1)C(=O)O)C(=O)O. The van der Waals surface area contributed by atoms with Crippen LogP contribution >= 0.6 is 0 Å². The number of hydrogen-bond donors (Lipinski definition) is 9. The van der Waals surface area contributed by atoms with Crippen molar-refractivity contribution in [2.45, 2.75) is 90.2 Å². The maximum atomic E-state index is 13.6. The monoisotopic (exact) mass is 952 g/mol. The summed E-state index contributed by atoms with van der Waals surface area (Å²) in [5, 5.41) is 30.6. The van der Waals surface area contributed by atoms with Crippen molar-refractivity contribution >= 4 is 58.6 Å². The summed E-state index contributed by atoms with van der Waals surface area (Å²) in [4.78, 5) is 130. The van der Waals surface area contributed by atoms with Crippen molar-refractivity contribution in [2.24, 2.45) is 0 Å². The number of nitrogens with one attached hydrogen (secondary N) is 6. The number of rotatable bonds is 26. The first-order valence-electron chi connectivity index (χ1n) is 21.4. The number of benzene rings is 1. The molecule has 0 radical (unpaired) electrons. The number of H-pyrrole nitrogens is 2. The van der Waals surface area contributed by atoms with Crippen molar-refractivity contribution in [3.05, 3.63) is 85.2 Å². The zero-order chi connectivity index (χ0) is 50.0. The molecule has 1 aromatic carbocycles. The van der Waals surface area contributed by atoms with Crippen LogP contribution in [0.5, 0.6) is 0 Å². The number of fused-ring (bicyclic) bond motifs is 1. The van der Waals surface area contributed by atoms with E-state index in [2.05, 4.69) is 46.2 Å². The van der Waals surface area contributed by atoms with Crippen molar-refractivity contribution in [1.29, 1.82) is 0 Å². The van der Waals surface area contributed by atoms with E-state index in [0.29, 0.717) is 30.6 Å². The minimum absolute atomic E-state index is 0.00977. The molecule has 26 heteroatoms. The molecule has 368 valence electrons. The number of alkyl carbamates (subject to hydrolysis) is 1. The first-order valence-corrected chi connectivity index (χ1v) is 21.4. The molecule has 0 bridgehead atoms. The van der Waals surface area contributed by atoms with Crippen molar-refractivity contribution in [3.8, 4) is 0 Å². The third-order valence-electron chi connectivity index (χ3n) is 9.60. The summed E-state index contributed by atoms with van der Waals surface area (Å²) in [7, 11) is 0. The maximum absolute atomic E-state index is 13.6. The number of hydrogen-bond acceptors (Lipinski definition) is 18. The molecule has 0 fully saturated rings. The first kappa shape index (κ1) is 52.9. The third kappa shape index (κ3) is 17.2. The van der Waals surface area contributed by atoms with Crippen LogP contribution in [0, 0.1) is 0 Å². The van der Waals surface area contributed by atoms with Crippen LogP contribution in [0.15, 0.2) is 57.1 Å². The number of ether oxygens (including phenoxy) is 3. The Bertz CT molecular complexity index is 2570. The van der Waals surface area contributed by atoms with Gasteiger partial charge in [-0.25, -0.2) is 24.4 Å². The van der Waals surface area contributed by atoms with E-state index in [9.17, 15) is 53.4 Å². The molecule has 3 atom stereocenters. The van der Waals surface area contributed by atoms with Crippen molar-refractivity contribution in [3.63, 3.8) is 0 Å². The summed E-state index contributed by atoms with van der Waals surface area (Å²) in [5.74, 6) is -5.10. The van der Waals surface area contributed by atoms with Gasteiger partial charge in [0.1, 0.15) is 30.8 Å². The van der Waals surface area contributed by atoms with E-state index in [1.165, 1.54) is 18.3 Å². The highest BCUT2D eigenvalue weighted by Crippen LogP contribution is 2.14. The molecular weight excluding hydrogens is 897 g/mol. The van der Waals surface area contributed by atoms with Crippen molar-refractivity contribution in [2.75, 3.05) is 50.5 Å². The third-order valence-corrected chi connectivity index (χ3v) is 9.60. The van der Waals surface area contributed by atoms with Gasteiger partial charge < -0.3 is 56.3 Å². The highest BCUT2D eigenvalue weighted by molar-refractivity contribution is 5.97. The Labute approximate surface area is 387 Å². The molecule has 4 rings (SSSR count). The second kappa shape index (κ2) is 25.2. The van der Waals surface area contributed by atoms with Crippen LogP contribution in [0.25, 0.3) is 11.2 Å². The number of aromatic amines is 2. The number of amides is 3. The Morgan fingerprint density at radius 3 is 2.32 bits per heavy atom. The van der Waals surface area contributed by atoms with Gasteiger partial charge in [-0.1, -0.05) is 0 Å². The number of nitrogens with zero attached hydrogens (tertiary/aromatic N) is 5. The highest BCUT2D eigenvalue weighted by atomic mass is 16.6. The van der Waals surface area contributed by atoms with Gasteiger partial charge in [-0.05, 0) is 77.8 Å². The lowest BCUT2D eigenvalue weighted by atomic mass is 10.1. The second-order valence-corrected chi connectivity index (χ2v) is 16.1. The van der Waals surface area contributed by atoms with Crippen LogP contribution in [0.2, 0.25) is 0 Å². The van der Waals surface area contributed by atoms with Gasteiger partial charge in [-0.2, -0.15) is 4.98 Å². The number of aliphatic carboxylic acids is 2. The summed E-state index contributed by atoms with van der Waals surface area (Å²) >= 11 is 0. The summed E-state index contributed by atoms with van der Waals surface area (Å²) in [6.07, 6.45) is 2.65. The molecule has 0 saturated heterocycles. The summed E-state index contributed by atoms with van der Waals surface area (Å²) in [6.45, 7) is 5.48. The number of anilines is 2. The smallest absolute Gasteiger partial charge is 0.407 e. The number of esters is 1. The molecule has 3 aromatic heterocycles. The zero-order valence-electron chi connectivity index (χ0n) is 37.9. The minimum atomic E-state index is -1.56. The van der Waals surface area contributed by atoms with Gasteiger partial charge in [0.15, 0.2) is 11.2 Å². The molecule has 0 aliphatic carbocycles. The van der Waals surface area contributed by atoms with Crippen LogP contribution in [0.3, 0.4) is 0 Å². The molecule has 0 aliphatic heterocycles. The molecule has 26 nitrogen and oxygen atoms in total. The molecule has 3 unspecified atom stereocenters. The topological polar surface area (TPSA) is 374 Å². The van der Waals surface area contributed by atoms with Gasteiger partial charge in [-0.15, -0.1) is 0 Å². The van der Waals surface area contributed by atoms with Crippen LogP contribution in [-0.2, 0) is 46.5 Å². The van der Waals surface area contributed by atoms with Gasteiger partial charge in [-0.3, -0.25) is 43.3 Å². The molecule has 3 amide bonds. The normalized spacial score (nSPS) is 12.6. The van der Waals surface area contributed by atoms with E-state index in [-0.39, 0.29) is 62.1 Å². The quantitative estimate of drug-likeness (QED) is 0.0284. The van der Waals surface area contributed by atoms with E-state index < -0.39 is 95.9 Å². The predicted octanol–water partition coefficient (Wildman–Crippen LogP) is -0.455. The number of unbranched alkanes of at least 4 members (excludes halogenated alkanes) is 2. The number of aromatic nitrogens is 6. The van der Waals surface area contributed by atoms with Gasteiger partial charge >= 0.3 is 29.7 Å². The van der Waals surface area contributed by atoms with Crippen LogP contribution in [-0.4, -0.2) is 144 Å². The fourth-order valence-electron chi connectivity index (χ4n) is 6.31. The number of carboxylic acid groups (broad SMARTS) is 2. The van der Waals surface area contributed by atoms with Gasteiger partial charge in [0, 0.05) is 43.1 Å². The second-order valence-electron chi connectivity index (χ2n) is 16.1. The van der Waals surface area contributed by atoms with Crippen LogP contribution in [0.4, 0.5) is 16.4 Å². The highest BCUT2D eigenvalue weighted by Gasteiger charge is 2.30. The average molecular weight is 953 g/mol. The van der Waals surface area contributed by atoms with Crippen molar-refractivity contribution < 1.29 is 53.2 Å². The summed E-state index contributed by atoms with van der Waals surface area (Å²) in [5.41, 5.74) is 3.81. The van der Waals surface area contributed by atoms with Crippen LogP contribution < -0.4 is 43.8 Å². The van der Waals surface area contributed by atoms with E-state index in [1.54, 1.807) is 39.8 Å². The van der Waals surface area contributed by atoms with E-state index in [4.69, 9.17) is 19.9 Å². The van der Waals surface area contributed by atoms with Gasteiger partial charge in [0.25, 0.3) is 17.0 Å².